The highest BCUT2D eigenvalue weighted by Crippen LogP contribution is 2.28. The first kappa shape index (κ1) is 22.5. The van der Waals surface area contributed by atoms with Crippen molar-refractivity contribution in [3.8, 4) is 10.4 Å². The minimum atomic E-state index is -0.899. The third kappa shape index (κ3) is 4.72. The number of aliphatic hydroxyl groups is 1. The van der Waals surface area contributed by atoms with E-state index in [1.807, 2.05) is 36.7 Å². The average molecular weight is 533 g/mol. The van der Waals surface area contributed by atoms with Gasteiger partial charge < -0.3 is 15.3 Å². The van der Waals surface area contributed by atoms with E-state index >= 15 is 0 Å². The van der Waals surface area contributed by atoms with Crippen molar-refractivity contribution in [3.63, 3.8) is 0 Å². The molecule has 2 amide bonds. The fourth-order valence-electron chi connectivity index (χ4n) is 3.48. The number of nitrogens with one attached hydrogen (secondary N) is 1. The van der Waals surface area contributed by atoms with Gasteiger partial charge in [-0.3, -0.25) is 9.59 Å². The van der Waals surface area contributed by atoms with E-state index in [-0.39, 0.29) is 24.1 Å². The Hall–Kier alpha value is -2.68. The lowest BCUT2D eigenvalue weighted by molar-refractivity contribution is -0.123. The maximum atomic E-state index is 13.0. The number of hydrogen-bond donors (Lipinski definition) is 2. The van der Waals surface area contributed by atoms with Crippen molar-refractivity contribution in [3.05, 3.63) is 86.1 Å². The molecule has 0 aliphatic carbocycles. The van der Waals surface area contributed by atoms with Crippen LogP contribution < -0.4 is 5.32 Å². The Morgan fingerprint density at radius 1 is 1.28 bits per heavy atom. The van der Waals surface area contributed by atoms with Crippen LogP contribution in [0.3, 0.4) is 0 Å². The third-order valence-electron chi connectivity index (χ3n) is 5.14. The summed E-state index contributed by atoms with van der Waals surface area (Å²) in [7, 11) is 0. The molecule has 0 bridgehead atoms. The van der Waals surface area contributed by atoms with Crippen LogP contribution in [0.15, 0.2) is 64.3 Å². The van der Waals surface area contributed by atoms with Gasteiger partial charge >= 0.3 is 0 Å². The molecule has 0 fully saturated rings. The molecule has 6 nitrogen and oxygen atoms in total. The molecular formula is C23H19BrClN3O3S. The van der Waals surface area contributed by atoms with Gasteiger partial charge in [0.2, 0.25) is 5.91 Å². The molecule has 1 aliphatic rings. The van der Waals surface area contributed by atoms with Crippen LogP contribution in [0, 0.1) is 6.92 Å². The van der Waals surface area contributed by atoms with Crippen molar-refractivity contribution < 1.29 is 14.7 Å². The van der Waals surface area contributed by atoms with E-state index in [0.29, 0.717) is 21.6 Å². The molecule has 2 N–H and O–H groups in total. The highest BCUT2D eigenvalue weighted by Gasteiger charge is 2.35. The number of aryl methyl sites for hydroxylation is 1. The zero-order valence-electron chi connectivity index (χ0n) is 17.0. The number of benzene rings is 2. The lowest BCUT2D eigenvalue weighted by atomic mass is 10.1. The first-order valence-corrected chi connectivity index (χ1v) is 11.8. The molecule has 2 heterocycles. The molecule has 0 radical (unpaired) electrons. The monoisotopic (exact) mass is 531 g/mol. The van der Waals surface area contributed by atoms with E-state index in [4.69, 9.17) is 11.6 Å². The van der Waals surface area contributed by atoms with Gasteiger partial charge in [-0.2, -0.15) is 0 Å². The smallest absolute Gasteiger partial charge is 0.256 e. The predicted octanol–water partition coefficient (Wildman–Crippen LogP) is 5.12. The second-order valence-electron chi connectivity index (χ2n) is 7.34. The SMILES string of the molecule is Cc1ncsc1-c1ccc(CNC(=O)[C@@H]2C=C(O)CN2C(=O)c2ccc(Cl)cc2Br)cc1. The maximum absolute atomic E-state index is 13.0. The number of carbonyl (C=O) groups is 2. The molecule has 1 aliphatic heterocycles. The second-order valence-corrected chi connectivity index (χ2v) is 9.49. The molecule has 1 aromatic heterocycles. The van der Waals surface area contributed by atoms with E-state index in [0.717, 1.165) is 21.7 Å². The van der Waals surface area contributed by atoms with E-state index in [1.54, 1.807) is 29.5 Å². The molecule has 0 spiro atoms. The summed E-state index contributed by atoms with van der Waals surface area (Å²) in [6.07, 6.45) is 1.40. The Balaban J connectivity index is 1.43. The van der Waals surface area contributed by atoms with E-state index in [2.05, 4.69) is 26.2 Å². The zero-order chi connectivity index (χ0) is 22.8. The Labute approximate surface area is 202 Å². The molecule has 0 saturated carbocycles. The quantitative estimate of drug-likeness (QED) is 0.478. The fraction of sp³-hybridized carbons (Fsp3) is 0.174. The van der Waals surface area contributed by atoms with Crippen molar-refractivity contribution in [2.45, 2.75) is 19.5 Å². The average Bonchev–Trinajstić information content (AvgIpc) is 3.37. The van der Waals surface area contributed by atoms with Crippen molar-refractivity contribution in [1.82, 2.24) is 15.2 Å². The summed E-state index contributed by atoms with van der Waals surface area (Å²) < 4.78 is 0.525. The van der Waals surface area contributed by atoms with Crippen molar-refractivity contribution in [2.24, 2.45) is 0 Å². The number of halogens is 2. The van der Waals surface area contributed by atoms with Crippen LogP contribution in [0.4, 0.5) is 0 Å². The number of hydrogen-bond acceptors (Lipinski definition) is 5. The molecule has 0 saturated heterocycles. The van der Waals surface area contributed by atoms with E-state index in [9.17, 15) is 14.7 Å². The van der Waals surface area contributed by atoms with Gasteiger partial charge in [-0.05, 0) is 58.3 Å². The highest BCUT2D eigenvalue weighted by atomic mass is 79.9. The van der Waals surface area contributed by atoms with E-state index in [1.165, 1.54) is 11.0 Å². The van der Waals surface area contributed by atoms with Crippen LogP contribution in [0.1, 0.15) is 21.6 Å². The standard InChI is InChI=1S/C23H19BrClN3O3S/c1-13-21(32-12-27-13)15-4-2-14(3-5-15)10-26-22(30)20-9-17(29)11-28(20)23(31)18-7-6-16(25)8-19(18)24/h2-9,12,20,29H,10-11H2,1H3,(H,26,30)/t20-/m0/s1. The van der Waals surface area contributed by atoms with Gasteiger partial charge in [0.1, 0.15) is 11.8 Å². The van der Waals surface area contributed by atoms with E-state index < -0.39 is 6.04 Å². The van der Waals surface area contributed by atoms with Gasteiger partial charge in [0.05, 0.1) is 28.2 Å². The number of nitrogens with zero attached hydrogens (tertiary/aromatic N) is 2. The summed E-state index contributed by atoms with van der Waals surface area (Å²) >= 11 is 10.9. The van der Waals surface area contributed by atoms with Gasteiger partial charge in [0.15, 0.2) is 0 Å². The van der Waals surface area contributed by atoms with Crippen molar-refractivity contribution in [1.29, 1.82) is 0 Å². The Bertz CT molecular complexity index is 1210. The van der Waals surface area contributed by atoms with Crippen LogP contribution >= 0.6 is 38.9 Å². The van der Waals surface area contributed by atoms with Gasteiger partial charge in [-0.15, -0.1) is 11.3 Å². The van der Waals surface area contributed by atoms with Gasteiger partial charge in [-0.1, -0.05) is 35.9 Å². The number of carbonyl (C=O) groups excluding carboxylic acids is 2. The molecule has 2 aromatic carbocycles. The molecule has 9 heteroatoms. The molecule has 3 aromatic rings. The van der Waals surface area contributed by atoms with Crippen LogP contribution in [-0.4, -0.2) is 39.4 Å². The topological polar surface area (TPSA) is 82.5 Å². The Kier molecular flexibility index (Phi) is 6.64. The molecular weight excluding hydrogens is 514 g/mol. The minimum Gasteiger partial charge on any atom is -0.511 e. The van der Waals surface area contributed by atoms with Gasteiger partial charge in [0.25, 0.3) is 5.91 Å². The third-order valence-corrected chi connectivity index (χ3v) is 7.01. The number of aromatic nitrogens is 1. The van der Waals surface area contributed by atoms with Crippen LogP contribution in [-0.2, 0) is 11.3 Å². The Morgan fingerprint density at radius 3 is 2.69 bits per heavy atom. The first-order valence-electron chi connectivity index (χ1n) is 9.76. The molecule has 4 rings (SSSR count). The van der Waals surface area contributed by atoms with Crippen LogP contribution in [0.2, 0.25) is 5.02 Å². The molecule has 1 atom stereocenters. The summed E-state index contributed by atoms with van der Waals surface area (Å²) in [6.45, 7) is 2.24. The maximum Gasteiger partial charge on any atom is 0.256 e. The number of aliphatic hydroxyl groups excluding tert-OH is 1. The number of rotatable bonds is 5. The summed E-state index contributed by atoms with van der Waals surface area (Å²) in [5.74, 6) is -0.763. The highest BCUT2D eigenvalue weighted by molar-refractivity contribution is 9.10. The summed E-state index contributed by atoms with van der Waals surface area (Å²) in [4.78, 5) is 32.6. The zero-order valence-corrected chi connectivity index (χ0v) is 20.2. The second kappa shape index (κ2) is 9.44. The Morgan fingerprint density at radius 2 is 2.03 bits per heavy atom. The predicted molar refractivity (Wildman–Crippen MR) is 129 cm³/mol. The first-order chi connectivity index (χ1) is 15.3. The molecule has 32 heavy (non-hydrogen) atoms. The van der Waals surface area contributed by atoms with Crippen molar-refractivity contribution in [2.75, 3.05) is 6.54 Å². The van der Waals surface area contributed by atoms with Crippen LogP contribution in [0.25, 0.3) is 10.4 Å². The summed E-state index contributed by atoms with van der Waals surface area (Å²) in [5, 5.41) is 13.4. The van der Waals surface area contributed by atoms with Crippen molar-refractivity contribution >= 4 is 50.7 Å². The lowest BCUT2D eigenvalue weighted by Crippen LogP contribution is -2.46. The number of thiazole rings is 1. The molecule has 0 unspecified atom stereocenters. The van der Waals surface area contributed by atoms with Crippen LogP contribution in [0.5, 0.6) is 0 Å². The van der Waals surface area contributed by atoms with Gasteiger partial charge in [0, 0.05) is 16.0 Å². The number of amides is 2. The molecule has 164 valence electrons. The summed E-state index contributed by atoms with van der Waals surface area (Å²) in [5.41, 5.74) is 5.17. The lowest BCUT2D eigenvalue weighted by Gasteiger charge is -2.24. The summed E-state index contributed by atoms with van der Waals surface area (Å²) in [6, 6.07) is 11.8. The largest absolute Gasteiger partial charge is 0.511 e. The minimum absolute atomic E-state index is 0.0205. The fourth-order valence-corrected chi connectivity index (χ4v) is 5.14. The normalized spacial score (nSPS) is 15.5. The van der Waals surface area contributed by atoms with Gasteiger partial charge in [-0.25, -0.2) is 4.98 Å².